The summed E-state index contributed by atoms with van der Waals surface area (Å²) in [5.74, 6) is 0. The van der Waals surface area contributed by atoms with Gasteiger partial charge in [-0.15, -0.1) is 0 Å². The Labute approximate surface area is 74.5 Å². The first-order chi connectivity index (χ1) is 5.41. The summed E-state index contributed by atoms with van der Waals surface area (Å²) < 4.78 is 0. The van der Waals surface area contributed by atoms with Crippen molar-refractivity contribution in [2.75, 3.05) is 6.54 Å². The van der Waals surface area contributed by atoms with E-state index >= 15 is 0 Å². The van der Waals surface area contributed by atoms with Crippen LogP contribution < -0.4 is 10.9 Å². The summed E-state index contributed by atoms with van der Waals surface area (Å²) in [6.45, 7) is 6.92. The van der Waals surface area contributed by atoms with Crippen LogP contribution in [0.15, 0.2) is 0 Å². The highest BCUT2D eigenvalue weighted by atomic mass is 16.3. The van der Waals surface area contributed by atoms with E-state index in [4.69, 9.17) is 0 Å². The molecule has 3 heteroatoms. The maximum Gasteiger partial charge on any atom is 0.0785 e. The van der Waals surface area contributed by atoms with Gasteiger partial charge in [-0.3, -0.25) is 10.9 Å². The second-order valence-corrected chi connectivity index (χ2v) is 4.81. The van der Waals surface area contributed by atoms with Crippen LogP contribution in [-0.2, 0) is 0 Å². The lowest BCUT2D eigenvalue weighted by Gasteiger charge is -2.37. The van der Waals surface area contributed by atoms with Crippen molar-refractivity contribution in [2.24, 2.45) is 0 Å². The molecule has 3 N–H and O–H groups in total. The Morgan fingerprint density at radius 3 is 2.25 bits per heavy atom. The van der Waals surface area contributed by atoms with E-state index < -0.39 is 5.60 Å². The molecule has 1 fully saturated rings. The third kappa shape index (κ3) is 3.09. The fourth-order valence-electron chi connectivity index (χ4n) is 1.24. The Kier molecular flexibility index (Phi) is 2.76. The molecule has 0 bridgehead atoms. The molecule has 0 amide bonds. The third-order valence-electron chi connectivity index (χ3n) is 2.17. The molecule has 0 heterocycles. The Morgan fingerprint density at radius 1 is 1.33 bits per heavy atom. The van der Waals surface area contributed by atoms with Crippen LogP contribution in [0.3, 0.4) is 0 Å². The Morgan fingerprint density at radius 2 is 1.92 bits per heavy atom. The summed E-state index contributed by atoms with van der Waals surface area (Å²) in [6.07, 6.45) is 3.03. The quantitative estimate of drug-likeness (QED) is 0.552. The van der Waals surface area contributed by atoms with Gasteiger partial charge in [-0.05, 0) is 40.0 Å². The maximum absolute atomic E-state index is 9.70. The van der Waals surface area contributed by atoms with Crippen molar-refractivity contribution in [3.63, 3.8) is 0 Å². The van der Waals surface area contributed by atoms with Crippen molar-refractivity contribution in [1.29, 1.82) is 0 Å². The molecule has 3 nitrogen and oxygen atoms in total. The summed E-state index contributed by atoms with van der Waals surface area (Å²) in [4.78, 5) is 0. The van der Waals surface area contributed by atoms with Gasteiger partial charge >= 0.3 is 0 Å². The standard InChI is InChI=1S/C9H20N2O/c1-8(2,3)11-10-7-9(12)5-4-6-9/h10-12H,4-7H2,1-3H3. The van der Waals surface area contributed by atoms with Gasteiger partial charge < -0.3 is 5.11 Å². The molecule has 0 aromatic carbocycles. The molecule has 0 aromatic rings. The molecular weight excluding hydrogens is 152 g/mol. The zero-order valence-corrected chi connectivity index (χ0v) is 8.28. The molecule has 1 rings (SSSR count). The number of nitrogens with one attached hydrogen (secondary N) is 2. The molecule has 0 aromatic heterocycles. The van der Waals surface area contributed by atoms with E-state index in [2.05, 4.69) is 31.6 Å². The van der Waals surface area contributed by atoms with Gasteiger partial charge in [-0.1, -0.05) is 0 Å². The number of hydrazine groups is 1. The Bertz CT molecular complexity index is 147. The fourth-order valence-corrected chi connectivity index (χ4v) is 1.24. The van der Waals surface area contributed by atoms with Crippen molar-refractivity contribution in [3.05, 3.63) is 0 Å². The molecular formula is C9H20N2O. The summed E-state index contributed by atoms with van der Waals surface area (Å²) in [7, 11) is 0. The van der Waals surface area contributed by atoms with Gasteiger partial charge in [-0.25, -0.2) is 0 Å². The number of aliphatic hydroxyl groups is 1. The molecule has 0 spiro atoms. The highest BCUT2D eigenvalue weighted by Gasteiger charge is 2.33. The van der Waals surface area contributed by atoms with Crippen molar-refractivity contribution < 1.29 is 5.11 Å². The van der Waals surface area contributed by atoms with Crippen LogP contribution in [0, 0.1) is 0 Å². The maximum atomic E-state index is 9.70. The molecule has 1 aliphatic carbocycles. The summed E-state index contributed by atoms with van der Waals surface area (Å²) >= 11 is 0. The van der Waals surface area contributed by atoms with Crippen molar-refractivity contribution in [3.8, 4) is 0 Å². The molecule has 0 radical (unpaired) electrons. The minimum absolute atomic E-state index is 0.0696. The predicted molar refractivity (Wildman–Crippen MR) is 49.7 cm³/mol. The van der Waals surface area contributed by atoms with Crippen LogP contribution in [0.2, 0.25) is 0 Å². The zero-order valence-electron chi connectivity index (χ0n) is 8.28. The predicted octanol–water partition coefficient (Wildman–Crippen LogP) is 0.794. The molecule has 0 atom stereocenters. The molecule has 0 aliphatic heterocycles. The van der Waals surface area contributed by atoms with Crippen LogP contribution >= 0.6 is 0 Å². The van der Waals surface area contributed by atoms with Crippen molar-refractivity contribution >= 4 is 0 Å². The topological polar surface area (TPSA) is 44.3 Å². The number of rotatable bonds is 3. The van der Waals surface area contributed by atoms with E-state index in [-0.39, 0.29) is 5.54 Å². The van der Waals surface area contributed by atoms with E-state index in [1.165, 1.54) is 0 Å². The van der Waals surface area contributed by atoms with Gasteiger partial charge in [0.15, 0.2) is 0 Å². The van der Waals surface area contributed by atoms with Gasteiger partial charge in [0.05, 0.1) is 5.60 Å². The Hall–Kier alpha value is -0.120. The lowest BCUT2D eigenvalue weighted by atomic mass is 9.80. The van der Waals surface area contributed by atoms with E-state index in [0.717, 1.165) is 19.3 Å². The van der Waals surface area contributed by atoms with E-state index in [0.29, 0.717) is 6.54 Å². The Balaban J connectivity index is 2.10. The van der Waals surface area contributed by atoms with Gasteiger partial charge in [0.25, 0.3) is 0 Å². The summed E-state index contributed by atoms with van der Waals surface area (Å²) in [5, 5.41) is 9.70. The monoisotopic (exact) mass is 172 g/mol. The number of hydrogen-bond acceptors (Lipinski definition) is 3. The second kappa shape index (κ2) is 3.32. The molecule has 0 saturated heterocycles. The van der Waals surface area contributed by atoms with Crippen LogP contribution in [0.5, 0.6) is 0 Å². The average Bonchev–Trinajstić information content (AvgIpc) is 1.81. The lowest BCUT2D eigenvalue weighted by Crippen LogP contribution is -2.54. The first kappa shape index (κ1) is 9.96. The smallest absolute Gasteiger partial charge is 0.0785 e. The van der Waals surface area contributed by atoms with E-state index in [9.17, 15) is 5.11 Å². The minimum atomic E-state index is -0.432. The molecule has 72 valence electrons. The molecule has 0 unspecified atom stereocenters. The van der Waals surface area contributed by atoms with E-state index in [1.54, 1.807) is 0 Å². The molecule has 12 heavy (non-hydrogen) atoms. The van der Waals surface area contributed by atoms with Gasteiger partial charge in [0.1, 0.15) is 0 Å². The minimum Gasteiger partial charge on any atom is -0.389 e. The van der Waals surface area contributed by atoms with Crippen LogP contribution in [-0.4, -0.2) is 22.8 Å². The van der Waals surface area contributed by atoms with Crippen LogP contribution in [0.25, 0.3) is 0 Å². The van der Waals surface area contributed by atoms with Crippen molar-refractivity contribution in [2.45, 2.75) is 51.2 Å². The zero-order chi connectivity index (χ0) is 9.24. The second-order valence-electron chi connectivity index (χ2n) is 4.81. The van der Waals surface area contributed by atoms with Gasteiger partial charge in [0, 0.05) is 12.1 Å². The first-order valence-electron chi connectivity index (χ1n) is 4.64. The number of hydrogen-bond donors (Lipinski definition) is 3. The lowest BCUT2D eigenvalue weighted by molar-refractivity contribution is -0.0352. The summed E-state index contributed by atoms with van der Waals surface area (Å²) in [6, 6.07) is 0. The normalized spacial score (nSPS) is 22.0. The van der Waals surface area contributed by atoms with E-state index in [1.807, 2.05) is 0 Å². The molecule has 1 aliphatic rings. The van der Waals surface area contributed by atoms with Gasteiger partial charge in [-0.2, -0.15) is 0 Å². The third-order valence-corrected chi connectivity index (χ3v) is 2.17. The largest absolute Gasteiger partial charge is 0.389 e. The first-order valence-corrected chi connectivity index (χ1v) is 4.64. The fraction of sp³-hybridized carbons (Fsp3) is 1.00. The molecule has 1 saturated carbocycles. The van der Waals surface area contributed by atoms with Gasteiger partial charge in [0.2, 0.25) is 0 Å². The highest BCUT2D eigenvalue weighted by molar-refractivity contribution is 4.89. The van der Waals surface area contributed by atoms with Crippen LogP contribution in [0.4, 0.5) is 0 Å². The SMILES string of the molecule is CC(C)(C)NNCC1(O)CCC1. The van der Waals surface area contributed by atoms with Crippen molar-refractivity contribution in [1.82, 2.24) is 10.9 Å². The highest BCUT2D eigenvalue weighted by Crippen LogP contribution is 2.30. The van der Waals surface area contributed by atoms with Crippen LogP contribution in [0.1, 0.15) is 40.0 Å². The average molecular weight is 172 g/mol. The summed E-state index contributed by atoms with van der Waals surface area (Å²) in [5.41, 5.74) is 5.84.